The van der Waals surface area contributed by atoms with Gasteiger partial charge in [0.25, 0.3) is 10.9 Å². The first-order valence-electron chi connectivity index (χ1n) is 7.57. The van der Waals surface area contributed by atoms with Crippen molar-refractivity contribution in [1.29, 1.82) is 0 Å². The van der Waals surface area contributed by atoms with E-state index < -0.39 is 5.43 Å². The van der Waals surface area contributed by atoms with E-state index in [0.29, 0.717) is 24.5 Å². The third kappa shape index (κ3) is 2.76. The molecule has 7 heteroatoms. The third-order valence-electron chi connectivity index (χ3n) is 4.12. The van der Waals surface area contributed by atoms with E-state index in [-0.39, 0.29) is 5.43 Å². The predicted molar refractivity (Wildman–Crippen MR) is 86.5 cm³/mol. The van der Waals surface area contributed by atoms with Gasteiger partial charge in [-0.1, -0.05) is 0 Å². The highest BCUT2D eigenvalue weighted by atomic mass is 16.2. The second kappa shape index (κ2) is 5.92. The molecule has 7 nitrogen and oxygen atoms in total. The summed E-state index contributed by atoms with van der Waals surface area (Å²) in [7, 11) is 2.06. The average molecular weight is 303 g/mol. The van der Waals surface area contributed by atoms with Crippen LogP contribution in [-0.2, 0) is 6.54 Å². The van der Waals surface area contributed by atoms with Gasteiger partial charge in [-0.2, -0.15) is 5.10 Å². The standard InChI is InChI=1S/C15H21N5O2/c1-11-3-5-20(17-11)6-4-16-12-13(15(22)14(12)21)19-9-7-18(2)8-10-19/h3,5,16H,4,6-10H2,1-2H3. The van der Waals surface area contributed by atoms with Gasteiger partial charge in [-0.3, -0.25) is 14.3 Å². The van der Waals surface area contributed by atoms with E-state index in [1.54, 1.807) is 0 Å². The number of anilines is 2. The van der Waals surface area contributed by atoms with Gasteiger partial charge in [-0.25, -0.2) is 0 Å². The largest absolute Gasteiger partial charge is 0.378 e. The maximum Gasteiger partial charge on any atom is 0.253 e. The highest BCUT2D eigenvalue weighted by molar-refractivity contribution is 5.75. The first-order valence-corrected chi connectivity index (χ1v) is 7.57. The molecule has 1 aromatic carbocycles. The van der Waals surface area contributed by atoms with Crippen molar-refractivity contribution in [3.8, 4) is 0 Å². The maximum absolute atomic E-state index is 11.9. The number of aromatic nitrogens is 2. The summed E-state index contributed by atoms with van der Waals surface area (Å²) in [6.45, 7) is 6.56. The average Bonchev–Trinajstić information content (AvgIpc) is 2.93. The maximum atomic E-state index is 11.9. The van der Waals surface area contributed by atoms with Crippen LogP contribution in [0.3, 0.4) is 0 Å². The smallest absolute Gasteiger partial charge is 0.253 e. The fraction of sp³-hybridized carbons (Fsp3) is 0.533. The molecule has 3 rings (SSSR count). The molecule has 0 atom stereocenters. The minimum Gasteiger partial charge on any atom is -0.378 e. The molecule has 0 radical (unpaired) electrons. The van der Waals surface area contributed by atoms with Gasteiger partial charge >= 0.3 is 0 Å². The molecule has 2 aromatic rings. The molecule has 1 aliphatic heterocycles. The van der Waals surface area contributed by atoms with E-state index >= 15 is 0 Å². The van der Waals surface area contributed by atoms with E-state index in [1.165, 1.54) is 0 Å². The Bertz CT molecular complexity index is 721. The Morgan fingerprint density at radius 1 is 1.18 bits per heavy atom. The number of aryl methyl sites for hydroxylation is 1. The number of hydrogen-bond donors (Lipinski definition) is 1. The predicted octanol–water partition coefficient (Wildman–Crippen LogP) is -0.349. The number of nitrogens with one attached hydrogen (secondary N) is 1. The van der Waals surface area contributed by atoms with Crippen LogP contribution in [0.2, 0.25) is 0 Å². The van der Waals surface area contributed by atoms with Gasteiger partial charge in [0.05, 0.1) is 12.2 Å². The zero-order valence-electron chi connectivity index (χ0n) is 13.0. The van der Waals surface area contributed by atoms with E-state index in [0.717, 1.165) is 31.9 Å². The molecule has 1 fully saturated rings. The molecule has 118 valence electrons. The summed E-state index contributed by atoms with van der Waals surface area (Å²) < 4.78 is 1.82. The Hall–Kier alpha value is -2.15. The van der Waals surface area contributed by atoms with Crippen molar-refractivity contribution in [2.24, 2.45) is 0 Å². The van der Waals surface area contributed by atoms with Gasteiger partial charge < -0.3 is 15.1 Å². The number of hydrogen-bond acceptors (Lipinski definition) is 6. The van der Waals surface area contributed by atoms with Crippen molar-refractivity contribution < 1.29 is 0 Å². The van der Waals surface area contributed by atoms with Crippen LogP contribution in [0.4, 0.5) is 11.4 Å². The Morgan fingerprint density at radius 3 is 2.55 bits per heavy atom. The molecule has 1 N–H and O–H groups in total. The summed E-state index contributed by atoms with van der Waals surface area (Å²) >= 11 is 0. The Balaban J connectivity index is 1.63. The summed E-state index contributed by atoms with van der Waals surface area (Å²) in [5, 5.41) is 7.40. The molecule has 0 amide bonds. The van der Waals surface area contributed by atoms with E-state index in [1.807, 2.05) is 28.8 Å². The molecule has 1 aliphatic rings. The van der Waals surface area contributed by atoms with Crippen molar-refractivity contribution in [3.05, 3.63) is 38.4 Å². The molecule has 0 unspecified atom stereocenters. The molecule has 0 saturated carbocycles. The minimum absolute atomic E-state index is 0.359. The van der Waals surface area contributed by atoms with Crippen LogP contribution in [0.25, 0.3) is 0 Å². The molecule has 0 spiro atoms. The molecule has 2 heterocycles. The summed E-state index contributed by atoms with van der Waals surface area (Å²) in [4.78, 5) is 27.9. The lowest BCUT2D eigenvalue weighted by Crippen LogP contribution is -2.50. The number of nitrogens with zero attached hydrogens (tertiary/aromatic N) is 4. The summed E-state index contributed by atoms with van der Waals surface area (Å²) in [5.41, 5.74) is 1.24. The van der Waals surface area contributed by atoms with Crippen LogP contribution in [0.15, 0.2) is 21.9 Å². The molecule has 22 heavy (non-hydrogen) atoms. The molecule has 0 aliphatic carbocycles. The molecule has 0 bridgehead atoms. The molecule has 1 aromatic heterocycles. The summed E-state index contributed by atoms with van der Waals surface area (Å²) in [5.74, 6) is 0. The first kappa shape index (κ1) is 14.8. The van der Waals surface area contributed by atoms with Crippen LogP contribution in [0.1, 0.15) is 5.69 Å². The van der Waals surface area contributed by atoms with Crippen LogP contribution in [0, 0.1) is 6.92 Å². The fourth-order valence-electron chi connectivity index (χ4n) is 2.76. The lowest BCUT2D eigenvalue weighted by atomic mass is 10.1. The van der Waals surface area contributed by atoms with E-state index in [2.05, 4.69) is 22.4 Å². The van der Waals surface area contributed by atoms with Crippen molar-refractivity contribution in [1.82, 2.24) is 14.7 Å². The summed E-state index contributed by atoms with van der Waals surface area (Å²) in [6.07, 6.45) is 1.90. The SMILES string of the molecule is Cc1ccn(CCNc2c(N3CCN(C)CC3)c(=O)c2=O)n1. The zero-order chi connectivity index (χ0) is 15.7. The monoisotopic (exact) mass is 303 g/mol. The van der Waals surface area contributed by atoms with Gasteiger partial charge in [0.15, 0.2) is 0 Å². The lowest BCUT2D eigenvalue weighted by molar-refractivity contribution is 0.312. The molecule has 1 saturated heterocycles. The number of piperazine rings is 1. The van der Waals surface area contributed by atoms with Gasteiger partial charge in [0.1, 0.15) is 11.4 Å². The van der Waals surface area contributed by atoms with Crippen molar-refractivity contribution in [2.75, 3.05) is 50.0 Å². The van der Waals surface area contributed by atoms with Crippen molar-refractivity contribution in [3.63, 3.8) is 0 Å². The lowest BCUT2D eigenvalue weighted by Gasteiger charge is -2.35. The topological polar surface area (TPSA) is 70.5 Å². The van der Waals surface area contributed by atoms with Crippen molar-refractivity contribution >= 4 is 11.4 Å². The molecular weight excluding hydrogens is 282 g/mol. The van der Waals surface area contributed by atoms with Crippen LogP contribution >= 0.6 is 0 Å². The summed E-state index contributed by atoms with van der Waals surface area (Å²) in [6, 6.07) is 1.94. The van der Waals surface area contributed by atoms with Crippen molar-refractivity contribution in [2.45, 2.75) is 13.5 Å². The first-order chi connectivity index (χ1) is 10.6. The number of rotatable bonds is 5. The van der Waals surface area contributed by atoms with Gasteiger partial charge in [0.2, 0.25) is 0 Å². The second-order valence-corrected chi connectivity index (χ2v) is 5.82. The van der Waals surface area contributed by atoms with Gasteiger partial charge in [0, 0.05) is 38.9 Å². The van der Waals surface area contributed by atoms with Gasteiger partial charge in [-0.05, 0) is 20.0 Å². The van der Waals surface area contributed by atoms with E-state index in [9.17, 15) is 9.59 Å². The van der Waals surface area contributed by atoms with Crippen LogP contribution < -0.4 is 21.1 Å². The fourth-order valence-corrected chi connectivity index (χ4v) is 2.76. The molecular formula is C15H21N5O2. The Kier molecular flexibility index (Phi) is 3.98. The zero-order valence-corrected chi connectivity index (χ0v) is 13.0. The normalized spacial score (nSPS) is 16.4. The van der Waals surface area contributed by atoms with Crippen LogP contribution in [0.5, 0.6) is 0 Å². The minimum atomic E-state index is -0.398. The highest BCUT2D eigenvalue weighted by Crippen LogP contribution is 2.21. The third-order valence-corrected chi connectivity index (χ3v) is 4.12. The Morgan fingerprint density at radius 2 is 1.91 bits per heavy atom. The Labute approximate surface area is 128 Å². The quantitative estimate of drug-likeness (QED) is 0.762. The van der Waals surface area contributed by atoms with E-state index in [4.69, 9.17) is 0 Å². The highest BCUT2D eigenvalue weighted by Gasteiger charge is 2.27. The second-order valence-electron chi connectivity index (χ2n) is 5.82. The van der Waals surface area contributed by atoms with Crippen LogP contribution in [-0.4, -0.2) is 54.5 Å². The van der Waals surface area contributed by atoms with Gasteiger partial charge in [-0.15, -0.1) is 0 Å². The number of likely N-dealkylation sites (N-methyl/N-ethyl adjacent to an activating group) is 1.